The predicted molar refractivity (Wildman–Crippen MR) is 168 cm³/mol. The quantitative estimate of drug-likeness (QED) is 0.146. The molecule has 0 N–H and O–H groups in total. The Morgan fingerprint density at radius 1 is 0.537 bits per heavy atom. The van der Waals surface area contributed by atoms with E-state index in [2.05, 4.69) is 122 Å². The molecule has 0 atom stereocenters. The van der Waals surface area contributed by atoms with Gasteiger partial charge in [0, 0.05) is 12.4 Å². The summed E-state index contributed by atoms with van der Waals surface area (Å²) in [5.74, 6) is 0. The Hall–Kier alpha value is -4.07. The first-order valence-corrected chi connectivity index (χ1v) is 13.6. The third-order valence-corrected chi connectivity index (χ3v) is 7.35. The van der Waals surface area contributed by atoms with Gasteiger partial charge in [-0.1, -0.05) is 88.9 Å². The van der Waals surface area contributed by atoms with Crippen molar-refractivity contribution in [2.45, 2.75) is 20.8 Å². The van der Waals surface area contributed by atoms with Crippen LogP contribution in [-0.4, -0.2) is 16.7 Å². The van der Waals surface area contributed by atoms with Gasteiger partial charge in [-0.25, -0.2) is 0 Å². The Morgan fingerprint density at radius 3 is 1.78 bits per heavy atom. The summed E-state index contributed by atoms with van der Waals surface area (Å²) in [5, 5.41) is 0. The largest absolute Gasteiger partial charge is 2.00 e. The monoisotopic (exact) mass is 707 g/mol. The summed E-state index contributed by atoms with van der Waals surface area (Å²) in [4.78, 5) is 9.28. The van der Waals surface area contributed by atoms with Crippen molar-refractivity contribution in [3.8, 4) is 33.6 Å². The van der Waals surface area contributed by atoms with Crippen LogP contribution in [0.4, 0.5) is 0 Å². The van der Waals surface area contributed by atoms with Crippen molar-refractivity contribution in [2.75, 3.05) is 0 Å². The molecular formula is C37H29BN2Pt. The maximum Gasteiger partial charge on any atom is 2.00 e. The maximum atomic E-state index is 4.68. The van der Waals surface area contributed by atoms with Crippen molar-refractivity contribution >= 4 is 23.1 Å². The van der Waals surface area contributed by atoms with Gasteiger partial charge in [-0.15, -0.1) is 59.2 Å². The molecule has 0 saturated carbocycles. The Bertz CT molecular complexity index is 1690. The van der Waals surface area contributed by atoms with Crippen LogP contribution in [0, 0.1) is 32.9 Å². The van der Waals surface area contributed by atoms with Crippen molar-refractivity contribution in [3.63, 3.8) is 0 Å². The van der Waals surface area contributed by atoms with Gasteiger partial charge in [0.1, 0.15) is 0 Å². The van der Waals surface area contributed by atoms with E-state index in [0.29, 0.717) is 0 Å². The van der Waals surface area contributed by atoms with E-state index in [4.69, 9.17) is 0 Å². The van der Waals surface area contributed by atoms with Gasteiger partial charge in [-0.3, -0.25) is 0 Å². The smallest absolute Gasteiger partial charge is 0.305 e. The van der Waals surface area contributed by atoms with Gasteiger partial charge >= 0.3 is 21.1 Å². The number of hydrogen-bond donors (Lipinski definition) is 0. The minimum absolute atomic E-state index is 0. The summed E-state index contributed by atoms with van der Waals surface area (Å²) in [5.41, 5.74) is 13.3. The molecule has 0 amide bonds. The van der Waals surface area contributed by atoms with Crippen molar-refractivity contribution in [2.24, 2.45) is 0 Å². The van der Waals surface area contributed by atoms with Gasteiger partial charge in [0.25, 0.3) is 0 Å². The van der Waals surface area contributed by atoms with E-state index in [1.54, 1.807) is 0 Å². The van der Waals surface area contributed by atoms with Crippen molar-refractivity contribution in [1.29, 1.82) is 0 Å². The molecule has 0 bridgehead atoms. The normalized spacial score (nSPS) is 10.6. The average molecular weight is 708 g/mol. The number of hydrogen-bond acceptors (Lipinski definition) is 2. The second-order valence-corrected chi connectivity index (χ2v) is 10.3. The molecule has 6 rings (SSSR count). The molecule has 6 aromatic rings. The SMILES string of the molecule is Cc1cc(C)c(B(c2[c-]c(-c3ccccn3)ccc2)c2[c-]c(-c3ccccn3)cc(-c3ccccc3)c2)c(C)c1.[Pt+2]. The first kappa shape index (κ1) is 28.5. The maximum absolute atomic E-state index is 4.68. The Labute approximate surface area is 257 Å². The van der Waals surface area contributed by atoms with E-state index in [9.17, 15) is 0 Å². The minimum atomic E-state index is -0.0737. The summed E-state index contributed by atoms with van der Waals surface area (Å²) in [6.45, 7) is 6.51. The molecule has 2 aromatic heterocycles. The van der Waals surface area contributed by atoms with Crippen molar-refractivity contribution in [1.82, 2.24) is 9.97 Å². The predicted octanol–water partition coefficient (Wildman–Crippen LogP) is 6.52. The minimum Gasteiger partial charge on any atom is -0.305 e. The molecular weight excluding hydrogens is 678 g/mol. The topological polar surface area (TPSA) is 25.8 Å². The summed E-state index contributed by atoms with van der Waals surface area (Å²) in [6.07, 6.45) is 3.67. The van der Waals surface area contributed by atoms with E-state index in [0.717, 1.165) is 44.6 Å². The molecule has 0 aliphatic rings. The molecule has 0 fully saturated rings. The van der Waals surface area contributed by atoms with Gasteiger partial charge in [0.2, 0.25) is 6.71 Å². The molecule has 0 aliphatic heterocycles. The third-order valence-electron chi connectivity index (χ3n) is 7.35. The molecule has 200 valence electrons. The van der Waals surface area contributed by atoms with Gasteiger partial charge < -0.3 is 9.97 Å². The third kappa shape index (κ3) is 6.16. The van der Waals surface area contributed by atoms with Crippen LogP contribution in [0.3, 0.4) is 0 Å². The molecule has 0 unspecified atom stereocenters. The Balaban J connectivity index is 0.00000337. The van der Waals surface area contributed by atoms with Gasteiger partial charge in [0.15, 0.2) is 0 Å². The van der Waals surface area contributed by atoms with Crippen LogP contribution in [0.5, 0.6) is 0 Å². The van der Waals surface area contributed by atoms with E-state index in [1.165, 1.54) is 22.2 Å². The standard InChI is InChI=1S/C37H29BN2.Pt/c1-26-20-27(2)37(28(3)21-26)38(33-15-11-14-30(23-33)35-16-7-9-18-39-35)34-24-31(29-12-5-4-6-13-29)22-32(25-34)36-17-8-10-19-40-36;/h4-22,24H,1-3H3;/q-2;+2. The van der Waals surface area contributed by atoms with E-state index >= 15 is 0 Å². The van der Waals surface area contributed by atoms with Crippen LogP contribution in [0.1, 0.15) is 16.7 Å². The molecule has 0 aliphatic carbocycles. The Morgan fingerprint density at radius 2 is 1.15 bits per heavy atom. The number of pyridine rings is 2. The Kier molecular flexibility index (Phi) is 8.76. The first-order chi connectivity index (χ1) is 19.6. The van der Waals surface area contributed by atoms with E-state index in [1.807, 2.05) is 42.7 Å². The average Bonchev–Trinajstić information content (AvgIpc) is 3.00. The molecule has 4 aromatic carbocycles. The van der Waals surface area contributed by atoms with Crippen LogP contribution in [0.15, 0.2) is 122 Å². The second kappa shape index (κ2) is 12.6. The number of nitrogens with zero attached hydrogens (tertiary/aromatic N) is 2. The fourth-order valence-electron chi connectivity index (χ4n) is 5.66. The van der Waals surface area contributed by atoms with Crippen LogP contribution in [-0.2, 0) is 21.1 Å². The second-order valence-electron chi connectivity index (χ2n) is 10.3. The van der Waals surface area contributed by atoms with Crippen molar-refractivity contribution in [3.05, 3.63) is 150 Å². The molecule has 4 heteroatoms. The fourth-order valence-corrected chi connectivity index (χ4v) is 5.66. The zero-order valence-electron chi connectivity index (χ0n) is 23.3. The van der Waals surface area contributed by atoms with Gasteiger partial charge in [-0.2, -0.15) is 10.9 Å². The fraction of sp³-hybridized carbons (Fsp3) is 0.0811. The van der Waals surface area contributed by atoms with Gasteiger partial charge in [0.05, 0.1) is 0 Å². The number of rotatable bonds is 6. The molecule has 2 heterocycles. The molecule has 0 spiro atoms. The summed E-state index contributed by atoms with van der Waals surface area (Å²) < 4.78 is 0. The van der Waals surface area contributed by atoms with Gasteiger partial charge in [-0.05, 0) is 49.9 Å². The van der Waals surface area contributed by atoms with Crippen LogP contribution in [0.25, 0.3) is 33.6 Å². The number of aryl methyl sites for hydroxylation is 3. The molecule has 41 heavy (non-hydrogen) atoms. The van der Waals surface area contributed by atoms with Crippen LogP contribution < -0.4 is 16.4 Å². The first-order valence-electron chi connectivity index (χ1n) is 13.6. The summed E-state index contributed by atoms with van der Waals surface area (Å²) in [6, 6.07) is 45.5. The molecule has 2 nitrogen and oxygen atoms in total. The van der Waals surface area contributed by atoms with E-state index in [-0.39, 0.29) is 27.8 Å². The number of benzene rings is 4. The van der Waals surface area contributed by atoms with E-state index < -0.39 is 0 Å². The van der Waals surface area contributed by atoms with Crippen LogP contribution >= 0.6 is 0 Å². The van der Waals surface area contributed by atoms with Crippen molar-refractivity contribution < 1.29 is 21.1 Å². The zero-order valence-corrected chi connectivity index (χ0v) is 25.6. The molecule has 0 radical (unpaired) electrons. The van der Waals surface area contributed by atoms with Crippen LogP contribution in [0.2, 0.25) is 0 Å². The molecule has 0 saturated heterocycles. The summed E-state index contributed by atoms with van der Waals surface area (Å²) >= 11 is 0. The summed E-state index contributed by atoms with van der Waals surface area (Å²) in [7, 11) is 0. The zero-order chi connectivity index (χ0) is 27.5. The number of aromatic nitrogens is 2.